The van der Waals surface area contributed by atoms with E-state index < -0.39 is 0 Å². The molecule has 35 heavy (non-hydrogen) atoms. The van der Waals surface area contributed by atoms with E-state index >= 15 is 0 Å². The van der Waals surface area contributed by atoms with Crippen LogP contribution in [0.15, 0.2) is 54.6 Å². The quantitative estimate of drug-likeness (QED) is 0.631. The van der Waals surface area contributed by atoms with E-state index in [1.165, 1.54) is 36.0 Å². The maximum atomic E-state index is 13.2. The number of hydrogen-bond donors (Lipinski definition) is 2. The van der Waals surface area contributed by atoms with E-state index in [1.807, 2.05) is 29.2 Å². The number of fused-ring (bicyclic) bond motifs is 1. The fourth-order valence-electron chi connectivity index (χ4n) is 6.02. The molecule has 5 rings (SSSR count). The van der Waals surface area contributed by atoms with E-state index in [0.29, 0.717) is 6.54 Å². The molecule has 6 nitrogen and oxygen atoms in total. The molecule has 0 saturated carbocycles. The zero-order chi connectivity index (χ0) is 24.2. The molecule has 2 N–H and O–H groups in total. The molecule has 0 spiro atoms. The number of aliphatic hydroxyl groups is 1. The second-order valence-electron chi connectivity index (χ2n) is 9.99. The van der Waals surface area contributed by atoms with Gasteiger partial charge in [-0.25, -0.2) is 4.79 Å². The Bertz CT molecular complexity index is 1030. The number of anilines is 1. The van der Waals surface area contributed by atoms with E-state index in [9.17, 15) is 9.90 Å². The Kier molecular flexibility index (Phi) is 7.40. The van der Waals surface area contributed by atoms with Gasteiger partial charge in [0.15, 0.2) is 0 Å². The molecular formula is C29H37N3O3. The van der Waals surface area contributed by atoms with Gasteiger partial charge in [0.05, 0.1) is 13.7 Å². The number of carbonyl (C=O) groups is 1. The average molecular weight is 476 g/mol. The van der Waals surface area contributed by atoms with Gasteiger partial charge in [0.1, 0.15) is 5.75 Å². The fourth-order valence-corrected chi connectivity index (χ4v) is 6.02. The average Bonchev–Trinajstić information content (AvgIpc) is 2.89. The van der Waals surface area contributed by atoms with Crippen molar-refractivity contribution in [3.63, 3.8) is 0 Å². The molecule has 0 bridgehead atoms. The summed E-state index contributed by atoms with van der Waals surface area (Å²) in [5.41, 5.74) is 4.81. The molecule has 2 saturated heterocycles. The van der Waals surface area contributed by atoms with Gasteiger partial charge >= 0.3 is 6.03 Å². The van der Waals surface area contributed by atoms with Crippen LogP contribution in [-0.4, -0.2) is 66.4 Å². The lowest BCUT2D eigenvalue weighted by molar-refractivity contribution is -0.0585. The first-order valence-corrected chi connectivity index (χ1v) is 13.0. The summed E-state index contributed by atoms with van der Waals surface area (Å²) in [5, 5.41) is 13.3. The van der Waals surface area contributed by atoms with E-state index in [4.69, 9.17) is 4.74 Å². The van der Waals surface area contributed by atoms with Crippen molar-refractivity contribution in [2.45, 2.75) is 56.5 Å². The second kappa shape index (κ2) is 10.8. The molecule has 3 aliphatic rings. The smallest absolute Gasteiger partial charge is 0.321 e. The normalized spacial score (nSPS) is 24.9. The van der Waals surface area contributed by atoms with Crippen LogP contribution in [0.3, 0.4) is 0 Å². The van der Waals surface area contributed by atoms with Crippen LogP contribution >= 0.6 is 0 Å². The molecule has 0 radical (unpaired) electrons. The minimum atomic E-state index is -0.0669. The molecule has 186 valence electrons. The van der Waals surface area contributed by atoms with Gasteiger partial charge in [-0.2, -0.15) is 0 Å². The third-order valence-electron chi connectivity index (χ3n) is 7.96. The van der Waals surface area contributed by atoms with Crippen molar-refractivity contribution >= 4 is 17.3 Å². The van der Waals surface area contributed by atoms with Crippen molar-refractivity contribution in [2.24, 2.45) is 0 Å². The van der Waals surface area contributed by atoms with Gasteiger partial charge in [-0.3, -0.25) is 4.90 Å². The van der Waals surface area contributed by atoms with Crippen molar-refractivity contribution in [3.8, 4) is 5.75 Å². The zero-order valence-electron chi connectivity index (χ0n) is 20.7. The van der Waals surface area contributed by atoms with Gasteiger partial charge in [0.2, 0.25) is 0 Å². The maximum Gasteiger partial charge on any atom is 0.321 e. The molecule has 3 atom stereocenters. The van der Waals surface area contributed by atoms with E-state index in [1.54, 1.807) is 7.11 Å². The zero-order valence-corrected chi connectivity index (χ0v) is 20.7. The van der Waals surface area contributed by atoms with Crippen molar-refractivity contribution < 1.29 is 14.6 Å². The van der Waals surface area contributed by atoms with Crippen molar-refractivity contribution in [1.29, 1.82) is 0 Å². The molecule has 2 heterocycles. The Morgan fingerprint density at radius 1 is 1.03 bits per heavy atom. The van der Waals surface area contributed by atoms with Gasteiger partial charge in [-0.15, -0.1) is 0 Å². The first kappa shape index (κ1) is 23.9. The lowest BCUT2D eigenvalue weighted by Crippen LogP contribution is -2.68. The number of allylic oxidation sites excluding steroid dienone is 2. The summed E-state index contributed by atoms with van der Waals surface area (Å²) in [7, 11) is 1.63. The predicted molar refractivity (Wildman–Crippen MR) is 140 cm³/mol. The van der Waals surface area contributed by atoms with E-state index in [-0.39, 0.29) is 30.6 Å². The SMILES string of the molecule is COc1ccc(NC(=O)N2CCCCN3[C@H](C2)[C@H](c2ccc(C4=CCCCC4)cc2)[C@@H]3CO)cc1. The Morgan fingerprint density at radius 2 is 1.80 bits per heavy atom. The Morgan fingerprint density at radius 3 is 2.49 bits per heavy atom. The molecule has 1 aliphatic carbocycles. The number of amides is 2. The number of benzene rings is 2. The van der Waals surface area contributed by atoms with Crippen LogP contribution in [0.5, 0.6) is 5.75 Å². The highest BCUT2D eigenvalue weighted by Gasteiger charge is 2.49. The molecular weight excluding hydrogens is 438 g/mol. The monoisotopic (exact) mass is 475 g/mol. The summed E-state index contributed by atoms with van der Waals surface area (Å²) in [6, 6.07) is 16.7. The highest BCUT2D eigenvalue weighted by Crippen LogP contribution is 2.42. The predicted octanol–water partition coefficient (Wildman–Crippen LogP) is 5.11. The molecule has 2 fully saturated rings. The number of methoxy groups -OCH3 is 1. The number of urea groups is 1. The topological polar surface area (TPSA) is 65.0 Å². The Balaban J connectivity index is 1.31. The molecule has 2 amide bonds. The van der Waals surface area contributed by atoms with Crippen LogP contribution in [0.2, 0.25) is 0 Å². The van der Waals surface area contributed by atoms with E-state index in [0.717, 1.165) is 43.8 Å². The van der Waals surface area contributed by atoms with Gasteiger partial charge < -0.3 is 20.1 Å². The summed E-state index contributed by atoms with van der Waals surface area (Å²) >= 11 is 0. The minimum Gasteiger partial charge on any atom is -0.497 e. The first-order valence-electron chi connectivity index (χ1n) is 13.0. The molecule has 2 aromatic carbocycles. The highest BCUT2D eigenvalue weighted by atomic mass is 16.5. The minimum absolute atomic E-state index is 0.0669. The fraction of sp³-hybridized carbons (Fsp3) is 0.483. The third-order valence-corrected chi connectivity index (χ3v) is 7.96. The number of hydrogen-bond acceptors (Lipinski definition) is 4. The van der Waals surface area contributed by atoms with Crippen molar-refractivity contribution in [1.82, 2.24) is 9.80 Å². The van der Waals surface area contributed by atoms with E-state index in [2.05, 4.69) is 40.6 Å². The summed E-state index contributed by atoms with van der Waals surface area (Å²) in [5.74, 6) is 0.992. The van der Waals surface area contributed by atoms with Crippen LogP contribution in [0.4, 0.5) is 10.5 Å². The lowest BCUT2D eigenvalue weighted by atomic mass is 9.74. The number of ether oxygens (including phenoxy) is 1. The number of nitrogens with one attached hydrogen (secondary N) is 1. The molecule has 2 aliphatic heterocycles. The Hall–Kier alpha value is -2.83. The summed E-state index contributed by atoms with van der Waals surface area (Å²) < 4.78 is 5.22. The van der Waals surface area contributed by atoms with Gasteiger partial charge in [0.25, 0.3) is 0 Å². The number of aliphatic hydroxyl groups excluding tert-OH is 1. The highest BCUT2D eigenvalue weighted by molar-refractivity contribution is 5.89. The lowest BCUT2D eigenvalue weighted by Gasteiger charge is -2.57. The molecule has 0 unspecified atom stereocenters. The van der Waals surface area contributed by atoms with Crippen LogP contribution in [-0.2, 0) is 0 Å². The number of rotatable bonds is 5. The second-order valence-corrected chi connectivity index (χ2v) is 9.99. The molecule has 6 heteroatoms. The summed E-state index contributed by atoms with van der Waals surface area (Å²) in [6.07, 6.45) is 9.28. The van der Waals surface area contributed by atoms with Crippen molar-refractivity contribution in [2.75, 3.05) is 38.7 Å². The van der Waals surface area contributed by atoms with Gasteiger partial charge in [-0.1, -0.05) is 30.3 Å². The van der Waals surface area contributed by atoms with Crippen LogP contribution in [0.1, 0.15) is 55.6 Å². The van der Waals surface area contributed by atoms with Gasteiger partial charge in [-0.05, 0) is 86.0 Å². The Labute approximate surface area is 208 Å². The number of nitrogens with zero attached hydrogens (tertiary/aromatic N) is 2. The first-order chi connectivity index (χ1) is 17.2. The van der Waals surface area contributed by atoms with Gasteiger partial charge in [0, 0.05) is 36.8 Å². The van der Waals surface area contributed by atoms with Crippen LogP contribution in [0.25, 0.3) is 5.57 Å². The largest absolute Gasteiger partial charge is 0.497 e. The van der Waals surface area contributed by atoms with Crippen LogP contribution < -0.4 is 10.1 Å². The van der Waals surface area contributed by atoms with Crippen LogP contribution in [0, 0.1) is 0 Å². The third kappa shape index (κ3) is 5.09. The summed E-state index contributed by atoms with van der Waals surface area (Å²) in [4.78, 5) is 17.5. The summed E-state index contributed by atoms with van der Waals surface area (Å²) in [6.45, 7) is 2.53. The maximum absolute atomic E-state index is 13.2. The molecule has 0 aromatic heterocycles. The standard InChI is InChI=1S/C29H37N3O3/c1-35-25-15-13-24(14-16-25)30-29(34)31-17-5-6-18-32-26(19-31)28(27(32)20-33)23-11-9-22(10-12-23)21-7-3-2-4-8-21/h7,9-16,26-28,33H,2-6,8,17-20H2,1H3,(H,30,34)/t26-,27+,28+/m1/s1. The number of carbonyl (C=O) groups excluding carboxylic acids is 1. The van der Waals surface area contributed by atoms with Crippen molar-refractivity contribution in [3.05, 3.63) is 65.7 Å². The molecule has 2 aromatic rings.